The van der Waals surface area contributed by atoms with Gasteiger partial charge in [0.05, 0.1) is 29.7 Å². The molecule has 9 nitrogen and oxygen atoms in total. The number of amides is 1. The molecule has 0 aliphatic carbocycles. The van der Waals surface area contributed by atoms with Crippen LogP contribution in [0.4, 0.5) is 5.69 Å². The third kappa shape index (κ3) is 6.04. The number of ketones is 1. The van der Waals surface area contributed by atoms with E-state index in [4.69, 9.17) is 9.47 Å². The van der Waals surface area contributed by atoms with Gasteiger partial charge in [-0.05, 0) is 76.1 Å². The van der Waals surface area contributed by atoms with Gasteiger partial charge in [0.25, 0.3) is 5.91 Å². The second-order valence-corrected chi connectivity index (χ2v) is 8.32. The molecule has 9 heteroatoms. The lowest BCUT2D eigenvalue weighted by atomic mass is 10.1. The number of ether oxygens (including phenoxy) is 2. The molecule has 0 saturated carbocycles. The van der Waals surface area contributed by atoms with Gasteiger partial charge in [0.1, 0.15) is 0 Å². The first-order chi connectivity index (χ1) is 17.1. The van der Waals surface area contributed by atoms with E-state index in [2.05, 4.69) is 10.4 Å². The zero-order valence-corrected chi connectivity index (χ0v) is 21.0. The number of Topliss-reactive ketones (excluding diaryl/α,β-unsaturated/α-hetero) is 1. The van der Waals surface area contributed by atoms with E-state index in [1.807, 2.05) is 13.8 Å². The summed E-state index contributed by atoms with van der Waals surface area (Å²) in [5, 5.41) is 7.20. The number of carbonyl (C=O) groups is 4. The molecule has 1 amide bonds. The fourth-order valence-electron chi connectivity index (χ4n) is 3.77. The quantitative estimate of drug-likeness (QED) is 0.355. The van der Waals surface area contributed by atoms with E-state index in [0.717, 1.165) is 22.6 Å². The van der Waals surface area contributed by atoms with Crippen molar-refractivity contribution in [2.45, 2.75) is 46.6 Å². The number of hydrogen-bond donors (Lipinski definition) is 1. The molecule has 3 rings (SSSR count). The third-order valence-corrected chi connectivity index (χ3v) is 5.81. The molecule has 188 valence electrons. The van der Waals surface area contributed by atoms with Crippen molar-refractivity contribution in [2.75, 3.05) is 12.4 Å². The van der Waals surface area contributed by atoms with Crippen LogP contribution in [0.3, 0.4) is 0 Å². The summed E-state index contributed by atoms with van der Waals surface area (Å²) in [7, 11) is 1.36. The van der Waals surface area contributed by atoms with Gasteiger partial charge in [-0.2, -0.15) is 5.10 Å². The minimum Gasteiger partial charge on any atom is -0.469 e. The van der Waals surface area contributed by atoms with E-state index in [0.29, 0.717) is 17.7 Å². The second-order valence-electron chi connectivity index (χ2n) is 8.32. The molecular formula is C27H29N3O6. The van der Waals surface area contributed by atoms with Crippen LogP contribution in [0, 0.1) is 13.8 Å². The number of nitrogens with one attached hydrogen (secondary N) is 1. The highest BCUT2D eigenvalue weighted by molar-refractivity contribution is 6.05. The maximum atomic E-state index is 12.6. The molecule has 1 N–H and O–H groups in total. The van der Waals surface area contributed by atoms with Crippen molar-refractivity contribution >= 4 is 29.3 Å². The van der Waals surface area contributed by atoms with Gasteiger partial charge in [0.2, 0.25) is 0 Å². The van der Waals surface area contributed by atoms with E-state index in [1.165, 1.54) is 21.0 Å². The normalized spacial score (nSPS) is 11.5. The molecule has 0 bridgehead atoms. The predicted molar refractivity (Wildman–Crippen MR) is 133 cm³/mol. The van der Waals surface area contributed by atoms with Gasteiger partial charge < -0.3 is 14.8 Å². The first kappa shape index (κ1) is 26.3. The molecule has 0 aliphatic rings. The van der Waals surface area contributed by atoms with E-state index in [9.17, 15) is 19.2 Å². The van der Waals surface area contributed by atoms with Gasteiger partial charge in [-0.1, -0.05) is 12.1 Å². The topological polar surface area (TPSA) is 117 Å². The van der Waals surface area contributed by atoms with Crippen molar-refractivity contribution in [2.24, 2.45) is 0 Å². The van der Waals surface area contributed by atoms with Crippen LogP contribution in [0.2, 0.25) is 0 Å². The Balaban J connectivity index is 1.67. The number of carbonyl (C=O) groups excluding carboxylic acids is 4. The summed E-state index contributed by atoms with van der Waals surface area (Å²) >= 11 is 0. The van der Waals surface area contributed by atoms with Gasteiger partial charge in [0.15, 0.2) is 11.9 Å². The van der Waals surface area contributed by atoms with E-state index in [1.54, 1.807) is 53.2 Å². The van der Waals surface area contributed by atoms with Crippen molar-refractivity contribution in [1.29, 1.82) is 0 Å². The maximum Gasteiger partial charge on any atom is 0.338 e. The number of rotatable bonds is 9. The number of hydrogen-bond acceptors (Lipinski definition) is 7. The summed E-state index contributed by atoms with van der Waals surface area (Å²) in [5.74, 6) is -1.67. The summed E-state index contributed by atoms with van der Waals surface area (Å²) in [6.45, 7) is 6.67. The zero-order valence-electron chi connectivity index (χ0n) is 21.0. The van der Waals surface area contributed by atoms with Crippen molar-refractivity contribution in [1.82, 2.24) is 9.78 Å². The number of aromatic nitrogens is 2. The molecule has 0 radical (unpaired) electrons. The maximum absolute atomic E-state index is 12.6. The lowest BCUT2D eigenvalue weighted by molar-refractivity contribution is -0.140. The molecule has 0 fully saturated rings. The number of methoxy groups -OCH3 is 1. The Morgan fingerprint density at radius 3 is 2.33 bits per heavy atom. The fourth-order valence-corrected chi connectivity index (χ4v) is 3.77. The van der Waals surface area contributed by atoms with E-state index >= 15 is 0 Å². The third-order valence-electron chi connectivity index (χ3n) is 5.81. The van der Waals surface area contributed by atoms with Gasteiger partial charge in [-0.25, -0.2) is 9.48 Å². The average Bonchev–Trinajstić information content (AvgIpc) is 3.15. The summed E-state index contributed by atoms with van der Waals surface area (Å²) < 4.78 is 11.8. The van der Waals surface area contributed by atoms with Crippen molar-refractivity contribution in [3.63, 3.8) is 0 Å². The molecule has 1 unspecified atom stereocenters. The van der Waals surface area contributed by atoms with Crippen LogP contribution in [0.1, 0.15) is 57.9 Å². The van der Waals surface area contributed by atoms with Crippen molar-refractivity contribution in [3.05, 3.63) is 76.6 Å². The summed E-state index contributed by atoms with van der Waals surface area (Å²) in [4.78, 5) is 48.4. The zero-order chi connectivity index (χ0) is 26.4. The summed E-state index contributed by atoms with van der Waals surface area (Å²) in [6.07, 6.45) is -0.294. The minimum absolute atomic E-state index is 0.186. The van der Waals surface area contributed by atoms with Gasteiger partial charge in [-0.3, -0.25) is 14.4 Å². The Bertz CT molecular complexity index is 1290. The Labute approximate surface area is 209 Å². The Morgan fingerprint density at radius 1 is 1.03 bits per heavy atom. The lowest BCUT2D eigenvalue weighted by Crippen LogP contribution is -2.30. The smallest absolute Gasteiger partial charge is 0.338 e. The van der Waals surface area contributed by atoms with Gasteiger partial charge in [-0.15, -0.1) is 0 Å². The molecule has 1 aromatic heterocycles. The molecule has 3 aromatic rings. The van der Waals surface area contributed by atoms with Crippen LogP contribution < -0.4 is 5.32 Å². The lowest BCUT2D eigenvalue weighted by Gasteiger charge is -2.15. The van der Waals surface area contributed by atoms with Gasteiger partial charge in [0, 0.05) is 17.7 Å². The molecule has 0 saturated heterocycles. The summed E-state index contributed by atoms with van der Waals surface area (Å²) in [6, 6.07) is 13.3. The van der Waals surface area contributed by atoms with E-state index in [-0.39, 0.29) is 23.7 Å². The number of nitrogens with zero attached hydrogens (tertiary/aromatic N) is 2. The van der Waals surface area contributed by atoms with Crippen LogP contribution in [0.15, 0.2) is 48.5 Å². The molecule has 2 aromatic carbocycles. The number of para-hydroxylation sites is 1. The molecule has 0 aliphatic heterocycles. The standard InChI is InChI=1S/C27H29N3O6/c1-16-22(14-15-25(32)35-5)17(2)30(29-16)21-12-10-20(11-13-21)27(34)36-19(4)26(33)28-24-9-7-6-8-23(24)18(3)31/h6-13,19H,14-15H2,1-5H3,(H,28,33). The van der Waals surface area contributed by atoms with Crippen LogP contribution in [-0.2, 0) is 25.5 Å². The molecular weight excluding hydrogens is 462 g/mol. The second kappa shape index (κ2) is 11.4. The summed E-state index contributed by atoms with van der Waals surface area (Å²) in [5.41, 5.74) is 4.41. The minimum atomic E-state index is -1.08. The average molecular weight is 492 g/mol. The first-order valence-corrected chi connectivity index (χ1v) is 11.5. The number of esters is 2. The largest absolute Gasteiger partial charge is 0.469 e. The monoisotopic (exact) mass is 491 g/mol. The van der Waals surface area contributed by atoms with Crippen LogP contribution in [-0.4, -0.2) is 46.6 Å². The number of anilines is 1. The molecule has 0 spiro atoms. The number of aryl methyl sites for hydroxylation is 1. The Hall–Kier alpha value is -4.27. The number of benzene rings is 2. The van der Waals surface area contributed by atoms with Crippen LogP contribution in [0.25, 0.3) is 5.69 Å². The molecule has 36 heavy (non-hydrogen) atoms. The SMILES string of the molecule is COC(=O)CCc1c(C)nn(-c2ccc(C(=O)OC(C)C(=O)Nc3ccccc3C(C)=O)cc2)c1C. The predicted octanol–water partition coefficient (Wildman–Crippen LogP) is 3.98. The van der Waals surface area contributed by atoms with E-state index < -0.39 is 18.0 Å². The highest BCUT2D eigenvalue weighted by Gasteiger charge is 2.21. The highest BCUT2D eigenvalue weighted by Crippen LogP contribution is 2.21. The van der Waals surface area contributed by atoms with Crippen molar-refractivity contribution in [3.8, 4) is 5.69 Å². The molecule has 1 atom stereocenters. The Morgan fingerprint density at radius 2 is 1.69 bits per heavy atom. The highest BCUT2D eigenvalue weighted by atomic mass is 16.5. The van der Waals surface area contributed by atoms with Gasteiger partial charge >= 0.3 is 11.9 Å². The Kier molecular flexibility index (Phi) is 8.37. The fraction of sp³-hybridized carbons (Fsp3) is 0.296. The van der Waals surface area contributed by atoms with Crippen molar-refractivity contribution < 1.29 is 28.7 Å². The van der Waals surface area contributed by atoms with Crippen LogP contribution in [0.5, 0.6) is 0 Å². The molecule has 1 heterocycles. The first-order valence-electron chi connectivity index (χ1n) is 11.5. The van der Waals surface area contributed by atoms with Crippen LogP contribution >= 0.6 is 0 Å².